The summed E-state index contributed by atoms with van der Waals surface area (Å²) in [5, 5.41) is 11.5. The van der Waals surface area contributed by atoms with E-state index >= 15 is 0 Å². The molecule has 0 saturated carbocycles. The first-order chi connectivity index (χ1) is 14.2. The standard InChI is InChI=1S/C22H16N4O2S/c1-26-21(27)17-11-15-9-5-6-10-16(15)12-18(17)23-22(26)29-13-19-24-25-20(28-19)14-7-3-2-4-8-14/h2-12H,13H2,1H3. The molecular weight excluding hydrogens is 384 g/mol. The Morgan fingerprint density at radius 1 is 0.966 bits per heavy atom. The number of nitrogens with zero attached hydrogens (tertiary/aromatic N) is 4. The largest absolute Gasteiger partial charge is 0.420 e. The fourth-order valence-electron chi connectivity index (χ4n) is 3.20. The Kier molecular flexibility index (Phi) is 4.37. The fourth-order valence-corrected chi connectivity index (χ4v) is 4.01. The van der Waals surface area contributed by atoms with Crippen molar-refractivity contribution in [3.05, 3.63) is 83.0 Å². The third-order valence-corrected chi connectivity index (χ3v) is 5.73. The molecule has 0 bridgehead atoms. The summed E-state index contributed by atoms with van der Waals surface area (Å²) >= 11 is 1.40. The van der Waals surface area contributed by atoms with Crippen LogP contribution in [0.1, 0.15) is 5.89 Å². The summed E-state index contributed by atoms with van der Waals surface area (Å²) in [4.78, 5) is 17.6. The van der Waals surface area contributed by atoms with Gasteiger partial charge in [0.1, 0.15) is 0 Å². The number of aromatic nitrogens is 4. The van der Waals surface area contributed by atoms with Crippen LogP contribution in [-0.2, 0) is 12.8 Å². The molecule has 0 amide bonds. The Bertz CT molecular complexity index is 1390. The van der Waals surface area contributed by atoms with E-state index < -0.39 is 0 Å². The van der Waals surface area contributed by atoms with Crippen molar-refractivity contribution < 1.29 is 4.42 Å². The molecule has 29 heavy (non-hydrogen) atoms. The molecule has 0 fully saturated rings. The van der Waals surface area contributed by atoms with Gasteiger partial charge < -0.3 is 4.42 Å². The molecule has 0 N–H and O–H groups in total. The summed E-state index contributed by atoms with van der Waals surface area (Å²) in [7, 11) is 1.73. The number of hydrogen-bond acceptors (Lipinski definition) is 6. The fraction of sp³-hybridized carbons (Fsp3) is 0.0909. The molecule has 0 aliphatic heterocycles. The summed E-state index contributed by atoms with van der Waals surface area (Å²) in [5.74, 6) is 1.40. The molecule has 0 aliphatic carbocycles. The first kappa shape index (κ1) is 17.6. The number of benzene rings is 3. The summed E-state index contributed by atoms with van der Waals surface area (Å²) in [6.07, 6.45) is 0. The Balaban J connectivity index is 1.46. The molecule has 0 unspecified atom stereocenters. The third kappa shape index (κ3) is 3.30. The predicted molar refractivity (Wildman–Crippen MR) is 114 cm³/mol. The molecule has 3 aromatic carbocycles. The molecule has 5 aromatic rings. The smallest absolute Gasteiger partial charge is 0.261 e. The molecule has 142 valence electrons. The summed E-state index contributed by atoms with van der Waals surface area (Å²) in [6.45, 7) is 0. The zero-order chi connectivity index (χ0) is 19.8. The minimum atomic E-state index is -0.0706. The van der Waals surface area contributed by atoms with E-state index in [9.17, 15) is 4.79 Å². The van der Waals surface area contributed by atoms with Gasteiger partial charge >= 0.3 is 0 Å². The SMILES string of the molecule is Cn1c(SCc2nnc(-c3ccccc3)o2)nc2cc3ccccc3cc2c1=O. The van der Waals surface area contributed by atoms with E-state index in [4.69, 9.17) is 9.40 Å². The zero-order valence-corrected chi connectivity index (χ0v) is 16.4. The summed E-state index contributed by atoms with van der Waals surface area (Å²) < 4.78 is 7.31. The van der Waals surface area contributed by atoms with Crippen LogP contribution >= 0.6 is 11.8 Å². The van der Waals surface area contributed by atoms with Gasteiger partial charge in [-0.05, 0) is 35.0 Å². The van der Waals surface area contributed by atoms with Crippen LogP contribution < -0.4 is 5.56 Å². The van der Waals surface area contributed by atoms with Crippen LogP contribution in [0.5, 0.6) is 0 Å². The molecule has 0 aliphatic rings. The van der Waals surface area contributed by atoms with E-state index in [1.165, 1.54) is 11.8 Å². The lowest BCUT2D eigenvalue weighted by Gasteiger charge is -2.08. The van der Waals surface area contributed by atoms with E-state index in [0.717, 1.165) is 16.3 Å². The lowest BCUT2D eigenvalue weighted by Crippen LogP contribution is -2.20. The van der Waals surface area contributed by atoms with Crippen LogP contribution in [0.15, 0.2) is 81.1 Å². The van der Waals surface area contributed by atoms with Gasteiger partial charge in [-0.3, -0.25) is 9.36 Å². The highest BCUT2D eigenvalue weighted by molar-refractivity contribution is 7.98. The summed E-state index contributed by atoms with van der Waals surface area (Å²) in [6, 6.07) is 21.4. The topological polar surface area (TPSA) is 73.8 Å². The second-order valence-electron chi connectivity index (χ2n) is 6.63. The molecule has 0 radical (unpaired) electrons. The van der Waals surface area contributed by atoms with Crippen LogP contribution in [-0.4, -0.2) is 19.7 Å². The number of fused-ring (bicyclic) bond motifs is 2. The van der Waals surface area contributed by atoms with Crippen LogP contribution in [0.2, 0.25) is 0 Å². The quantitative estimate of drug-likeness (QED) is 0.252. The van der Waals surface area contributed by atoms with Crippen LogP contribution in [0, 0.1) is 0 Å². The maximum absolute atomic E-state index is 12.9. The maximum Gasteiger partial charge on any atom is 0.261 e. The van der Waals surface area contributed by atoms with Gasteiger partial charge in [-0.1, -0.05) is 54.2 Å². The highest BCUT2D eigenvalue weighted by Crippen LogP contribution is 2.25. The van der Waals surface area contributed by atoms with E-state index in [2.05, 4.69) is 10.2 Å². The van der Waals surface area contributed by atoms with Crippen molar-refractivity contribution in [2.75, 3.05) is 0 Å². The highest BCUT2D eigenvalue weighted by Gasteiger charge is 2.13. The van der Waals surface area contributed by atoms with Crippen molar-refractivity contribution in [1.29, 1.82) is 0 Å². The van der Waals surface area contributed by atoms with Gasteiger partial charge in [0.15, 0.2) is 5.16 Å². The average Bonchev–Trinajstić information content (AvgIpc) is 3.24. The molecular formula is C22H16N4O2S. The molecule has 7 heteroatoms. The van der Waals surface area contributed by atoms with Gasteiger partial charge in [0, 0.05) is 12.6 Å². The minimum Gasteiger partial charge on any atom is -0.420 e. The van der Waals surface area contributed by atoms with Gasteiger partial charge in [-0.25, -0.2) is 4.98 Å². The van der Waals surface area contributed by atoms with Crippen LogP contribution in [0.4, 0.5) is 0 Å². The van der Waals surface area contributed by atoms with Crippen molar-refractivity contribution >= 4 is 33.4 Å². The van der Waals surface area contributed by atoms with E-state index in [1.807, 2.05) is 66.7 Å². The lowest BCUT2D eigenvalue weighted by molar-refractivity contribution is 0.528. The monoisotopic (exact) mass is 400 g/mol. The third-order valence-electron chi connectivity index (χ3n) is 4.71. The molecule has 2 aromatic heterocycles. The van der Waals surface area contributed by atoms with Crippen molar-refractivity contribution in [3.8, 4) is 11.5 Å². The van der Waals surface area contributed by atoms with Gasteiger partial charge in [0.05, 0.1) is 16.7 Å². The van der Waals surface area contributed by atoms with Gasteiger partial charge in [0.25, 0.3) is 5.56 Å². The lowest BCUT2D eigenvalue weighted by atomic mass is 10.1. The van der Waals surface area contributed by atoms with Crippen LogP contribution in [0.3, 0.4) is 0 Å². The number of rotatable bonds is 4. The second-order valence-corrected chi connectivity index (χ2v) is 7.57. The molecule has 0 atom stereocenters. The Hall–Kier alpha value is -3.45. The highest BCUT2D eigenvalue weighted by atomic mass is 32.2. The maximum atomic E-state index is 12.9. The predicted octanol–water partition coefficient (Wildman–Crippen LogP) is 4.43. The molecule has 0 saturated heterocycles. The Labute approximate surface area is 170 Å². The van der Waals surface area contributed by atoms with Crippen molar-refractivity contribution in [2.45, 2.75) is 10.9 Å². The number of hydrogen-bond donors (Lipinski definition) is 0. The molecule has 0 spiro atoms. The average molecular weight is 400 g/mol. The van der Waals surface area contributed by atoms with Crippen molar-refractivity contribution in [1.82, 2.24) is 19.7 Å². The van der Waals surface area contributed by atoms with E-state index in [-0.39, 0.29) is 5.56 Å². The Morgan fingerprint density at radius 3 is 2.48 bits per heavy atom. The van der Waals surface area contributed by atoms with E-state index in [0.29, 0.717) is 33.6 Å². The van der Waals surface area contributed by atoms with Crippen molar-refractivity contribution in [3.63, 3.8) is 0 Å². The first-order valence-electron chi connectivity index (χ1n) is 9.09. The van der Waals surface area contributed by atoms with Crippen LogP contribution in [0.25, 0.3) is 33.1 Å². The summed E-state index contributed by atoms with van der Waals surface area (Å²) in [5.41, 5.74) is 1.49. The molecule has 2 heterocycles. The first-order valence-corrected chi connectivity index (χ1v) is 10.1. The normalized spacial score (nSPS) is 11.3. The van der Waals surface area contributed by atoms with Gasteiger partial charge in [-0.2, -0.15) is 0 Å². The van der Waals surface area contributed by atoms with Gasteiger partial charge in [-0.15, -0.1) is 10.2 Å². The molecule has 6 nitrogen and oxygen atoms in total. The van der Waals surface area contributed by atoms with Crippen molar-refractivity contribution in [2.24, 2.45) is 7.05 Å². The number of thioether (sulfide) groups is 1. The Morgan fingerprint density at radius 2 is 1.69 bits per heavy atom. The minimum absolute atomic E-state index is 0.0706. The van der Waals surface area contributed by atoms with E-state index in [1.54, 1.807) is 11.6 Å². The van der Waals surface area contributed by atoms with Gasteiger partial charge in [0.2, 0.25) is 11.8 Å². The second kappa shape index (κ2) is 7.18. The zero-order valence-electron chi connectivity index (χ0n) is 15.6. The molecule has 5 rings (SSSR count).